The molecule has 0 radical (unpaired) electrons. The Kier molecular flexibility index (Phi) is 3.41. The Balaban J connectivity index is 1.66. The van der Waals surface area contributed by atoms with Crippen LogP contribution in [0.3, 0.4) is 0 Å². The third-order valence-electron chi connectivity index (χ3n) is 3.63. The van der Waals surface area contributed by atoms with Gasteiger partial charge in [0.25, 0.3) is 0 Å². The van der Waals surface area contributed by atoms with Crippen LogP contribution in [-0.4, -0.2) is 23.5 Å². The molecule has 2 fully saturated rings. The van der Waals surface area contributed by atoms with Gasteiger partial charge >= 0.3 is 0 Å². The summed E-state index contributed by atoms with van der Waals surface area (Å²) in [6, 6.07) is 3.61. The van der Waals surface area contributed by atoms with E-state index in [0.717, 1.165) is 18.4 Å². The third kappa shape index (κ3) is 2.89. The lowest BCUT2D eigenvalue weighted by Gasteiger charge is -2.31. The molecule has 2 aliphatic rings. The Morgan fingerprint density at radius 2 is 2.16 bits per heavy atom. The summed E-state index contributed by atoms with van der Waals surface area (Å²) in [5, 5.41) is 0. The summed E-state index contributed by atoms with van der Waals surface area (Å²) in [6.07, 6.45) is 7.16. The average Bonchev–Trinajstić information content (AvgIpc) is 2.80. The van der Waals surface area contributed by atoms with Gasteiger partial charge in [-0.15, -0.1) is 0 Å². The van der Waals surface area contributed by atoms with E-state index in [2.05, 4.69) is 16.8 Å². The molecule has 100 valence electrons. The van der Waals surface area contributed by atoms with Crippen molar-refractivity contribution in [3.63, 3.8) is 0 Å². The lowest BCUT2D eigenvalue weighted by Crippen LogP contribution is -2.33. The summed E-state index contributed by atoms with van der Waals surface area (Å²) >= 11 is 0. The van der Waals surface area contributed by atoms with Crippen molar-refractivity contribution in [2.75, 3.05) is 12.3 Å². The van der Waals surface area contributed by atoms with Crippen LogP contribution in [0.2, 0.25) is 0 Å². The van der Waals surface area contributed by atoms with E-state index in [1.807, 2.05) is 6.07 Å². The zero-order chi connectivity index (χ0) is 13.1. The molecule has 1 aromatic heterocycles. The summed E-state index contributed by atoms with van der Waals surface area (Å²) in [5.74, 6) is 6.32. The number of ether oxygens (including phenoxy) is 2. The Morgan fingerprint density at radius 3 is 2.95 bits per heavy atom. The molecule has 4 nitrogen and oxygen atoms in total. The highest BCUT2D eigenvalue weighted by atomic mass is 16.7. The first kappa shape index (κ1) is 12.5. The topological polar surface area (TPSA) is 57.4 Å². The molecular weight excluding hydrogens is 240 g/mol. The molecule has 0 amide bonds. The quantitative estimate of drug-likeness (QED) is 0.724. The minimum atomic E-state index is -0.352. The van der Waals surface area contributed by atoms with Gasteiger partial charge in [-0.1, -0.05) is 18.3 Å². The number of aromatic nitrogens is 1. The van der Waals surface area contributed by atoms with Crippen molar-refractivity contribution in [1.29, 1.82) is 0 Å². The molecule has 1 saturated carbocycles. The summed E-state index contributed by atoms with van der Waals surface area (Å²) < 4.78 is 11.8. The second kappa shape index (κ2) is 5.20. The van der Waals surface area contributed by atoms with Crippen LogP contribution in [0.15, 0.2) is 18.3 Å². The number of hydrogen-bond donors (Lipinski definition) is 1. The molecule has 1 aromatic rings. The third-order valence-corrected chi connectivity index (χ3v) is 3.63. The van der Waals surface area contributed by atoms with E-state index in [0.29, 0.717) is 12.4 Å². The molecular formula is C15H18N2O2. The van der Waals surface area contributed by atoms with E-state index >= 15 is 0 Å². The molecule has 3 rings (SSSR count). The molecule has 4 heteroatoms. The van der Waals surface area contributed by atoms with E-state index in [1.165, 1.54) is 19.3 Å². The number of nitrogens with two attached hydrogens (primary N) is 1. The summed E-state index contributed by atoms with van der Waals surface area (Å²) in [5.41, 5.74) is 6.48. The molecule has 1 aliphatic heterocycles. The van der Waals surface area contributed by atoms with Crippen LogP contribution in [0.25, 0.3) is 0 Å². The zero-order valence-electron chi connectivity index (χ0n) is 10.9. The standard InChI is InChI=1S/C15H18N2O2/c16-14-10-12(6-9-17-14)4-5-13-11-18-15(19-13)7-2-1-3-8-15/h6,9-10,13H,1-3,7-8,11H2,(H2,16,17). The van der Waals surface area contributed by atoms with Gasteiger partial charge in [0.15, 0.2) is 5.79 Å². The number of anilines is 1. The fraction of sp³-hybridized carbons (Fsp3) is 0.533. The second-order valence-electron chi connectivity index (χ2n) is 5.13. The maximum absolute atomic E-state index is 6.00. The fourth-order valence-electron chi connectivity index (χ4n) is 2.67. The molecule has 1 unspecified atom stereocenters. The summed E-state index contributed by atoms with van der Waals surface area (Å²) in [4.78, 5) is 3.94. The number of nitrogens with zero attached hydrogens (tertiary/aromatic N) is 1. The van der Waals surface area contributed by atoms with Crippen molar-refractivity contribution >= 4 is 5.82 Å². The molecule has 1 aliphatic carbocycles. The number of hydrogen-bond acceptors (Lipinski definition) is 4. The van der Waals surface area contributed by atoms with E-state index < -0.39 is 0 Å². The van der Waals surface area contributed by atoms with Gasteiger partial charge in [-0.05, 0) is 25.0 Å². The monoisotopic (exact) mass is 258 g/mol. The van der Waals surface area contributed by atoms with E-state index in [9.17, 15) is 0 Å². The highest BCUT2D eigenvalue weighted by Crippen LogP contribution is 2.37. The van der Waals surface area contributed by atoms with Gasteiger partial charge in [-0.25, -0.2) is 4.98 Å². The summed E-state index contributed by atoms with van der Waals surface area (Å²) in [7, 11) is 0. The van der Waals surface area contributed by atoms with Gasteiger partial charge in [-0.2, -0.15) is 0 Å². The van der Waals surface area contributed by atoms with Gasteiger partial charge < -0.3 is 15.2 Å². The first-order valence-electron chi connectivity index (χ1n) is 6.81. The molecule has 1 atom stereocenters. The van der Waals surface area contributed by atoms with E-state index in [-0.39, 0.29) is 11.9 Å². The van der Waals surface area contributed by atoms with Gasteiger partial charge in [0, 0.05) is 24.6 Å². The second-order valence-corrected chi connectivity index (χ2v) is 5.13. The molecule has 2 N–H and O–H groups in total. The van der Waals surface area contributed by atoms with Crippen molar-refractivity contribution in [2.24, 2.45) is 0 Å². The Morgan fingerprint density at radius 1 is 1.32 bits per heavy atom. The highest BCUT2D eigenvalue weighted by Gasteiger charge is 2.41. The molecule has 1 spiro atoms. The molecule has 1 saturated heterocycles. The van der Waals surface area contributed by atoms with Crippen molar-refractivity contribution in [3.05, 3.63) is 23.9 Å². The predicted molar refractivity (Wildman–Crippen MR) is 72.2 cm³/mol. The van der Waals surface area contributed by atoms with Crippen LogP contribution in [0, 0.1) is 11.8 Å². The largest absolute Gasteiger partial charge is 0.384 e. The maximum Gasteiger partial charge on any atom is 0.170 e. The van der Waals surface area contributed by atoms with Crippen LogP contribution in [0.1, 0.15) is 37.7 Å². The predicted octanol–water partition coefficient (Wildman–Crippen LogP) is 2.09. The number of rotatable bonds is 0. The first-order chi connectivity index (χ1) is 9.26. The lowest BCUT2D eigenvalue weighted by molar-refractivity contribution is -0.182. The van der Waals surface area contributed by atoms with Crippen LogP contribution in [0.5, 0.6) is 0 Å². The van der Waals surface area contributed by atoms with E-state index in [1.54, 1.807) is 12.3 Å². The first-order valence-corrected chi connectivity index (χ1v) is 6.81. The summed E-state index contributed by atoms with van der Waals surface area (Å²) in [6.45, 7) is 0.563. The van der Waals surface area contributed by atoms with Crippen molar-refractivity contribution < 1.29 is 9.47 Å². The Bertz CT molecular complexity index is 512. The average molecular weight is 258 g/mol. The molecule has 2 heterocycles. The minimum absolute atomic E-state index is 0.132. The van der Waals surface area contributed by atoms with Crippen molar-refractivity contribution in [1.82, 2.24) is 4.98 Å². The van der Waals surface area contributed by atoms with Crippen molar-refractivity contribution in [3.8, 4) is 11.8 Å². The smallest absolute Gasteiger partial charge is 0.170 e. The Labute approximate surface area is 113 Å². The lowest BCUT2D eigenvalue weighted by atomic mass is 9.94. The SMILES string of the molecule is Nc1cc(C#CC2COC3(CCCCC3)O2)ccn1. The van der Waals surface area contributed by atoms with Crippen molar-refractivity contribution in [2.45, 2.75) is 44.0 Å². The van der Waals surface area contributed by atoms with Crippen LogP contribution >= 0.6 is 0 Å². The molecule has 0 bridgehead atoms. The molecule has 0 aromatic carbocycles. The normalized spacial score (nSPS) is 24.9. The minimum Gasteiger partial charge on any atom is -0.384 e. The molecule has 19 heavy (non-hydrogen) atoms. The van der Waals surface area contributed by atoms with E-state index in [4.69, 9.17) is 15.2 Å². The van der Waals surface area contributed by atoms with Gasteiger partial charge in [0.05, 0.1) is 6.61 Å². The number of nitrogen functional groups attached to an aromatic ring is 1. The van der Waals surface area contributed by atoms with Crippen LogP contribution < -0.4 is 5.73 Å². The van der Waals surface area contributed by atoms with Gasteiger partial charge in [0.2, 0.25) is 0 Å². The van der Waals surface area contributed by atoms with Crippen LogP contribution in [-0.2, 0) is 9.47 Å². The highest BCUT2D eigenvalue weighted by molar-refractivity contribution is 5.41. The van der Waals surface area contributed by atoms with Gasteiger partial charge in [0.1, 0.15) is 11.9 Å². The fourth-order valence-corrected chi connectivity index (χ4v) is 2.67. The number of pyridine rings is 1. The van der Waals surface area contributed by atoms with Crippen LogP contribution in [0.4, 0.5) is 5.82 Å². The maximum atomic E-state index is 6.00. The zero-order valence-corrected chi connectivity index (χ0v) is 10.9. The van der Waals surface area contributed by atoms with Gasteiger partial charge in [-0.3, -0.25) is 0 Å². The Hall–Kier alpha value is -1.57.